The van der Waals surface area contributed by atoms with Crippen LogP contribution >= 0.6 is 0 Å². The highest BCUT2D eigenvalue weighted by Gasteiger charge is 2.44. The number of hydrogen-bond acceptors (Lipinski definition) is 4. The fraction of sp³-hybridized carbons (Fsp3) is 0.786. The molecule has 4 heterocycles. The van der Waals surface area contributed by atoms with Gasteiger partial charge in [0.15, 0.2) is 5.03 Å². The van der Waals surface area contributed by atoms with Crippen molar-refractivity contribution in [1.29, 1.82) is 0 Å². The van der Waals surface area contributed by atoms with E-state index in [9.17, 15) is 8.42 Å². The number of aromatic nitrogens is 2. The van der Waals surface area contributed by atoms with Crippen LogP contribution in [0.2, 0.25) is 0 Å². The minimum Gasteiger partial charge on any atom is -0.333 e. The Hall–Kier alpha value is -0.920. The number of nitrogens with zero attached hydrogens (tertiary/aromatic N) is 3. The molecule has 2 atom stereocenters. The third kappa shape index (κ3) is 2.22. The molecule has 1 aromatic rings. The lowest BCUT2D eigenvalue weighted by atomic mass is 10.1. The molecule has 3 aliphatic rings. The first-order valence-electron chi connectivity index (χ1n) is 7.96. The van der Waals surface area contributed by atoms with Crippen LogP contribution in [0.1, 0.15) is 37.9 Å². The Balaban J connectivity index is 1.71. The second-order valence-electron chi connectivity index (χ2n) is 6.36. The first-order valence-corrected chi connectivity index (χ1v) is 9.40. The zero-order chi connectivity index (χ0) is 14.4. The summed E-state index contributed by atoms with van der Waals surface area (Å²) in [6.45, 7) is 2.57. The number of rotatable bonds is 2. The molecule has 0 aromatic carbocycles. The topological polar surface area (TPSA) is 67.2 Å². The molecule has 2 fully saturated rings. The van der Waals surface area contributed by atoms with Crippen LogP contribution in [0.3, 0.4) is 0 Å². The monoisotopic (exact) mass is 310 g/mol. The summed E-state index contributed by atoms with van der Waals surface area (Å²) in [7, 11) is -3.45. The summed E-state index contributed by atoms with van der Waals surface area (Å²) in [5.41, 5.74) is 0. The highest BCUT2D eigenvalue weighted by molar-refractivity contribution is 7.89. The van der Waals surface area contributed by atoms with Crippen LogP contribution in [0.5, 0.6) is 0 Å². The summed E-state index contributed by atoms with van der Waals surface area (Å²) in [6, 6.07) is 0.245. The van der Waals surface area contributed by atoms with Gasteiger partial charge in [-0.15, -0.1) is 0 Å². The Bertz CT molecular complexity index is 602. The van der Waals surface area contributed by atoms with Crippen molar-refractivity contribution < 1.29 is 8.42 Å². The fourth-order valence-electron chi connectivity index (χ4n) is 3.95. The molecule has 2 unspecified atom stereocenters. The van der Waals surface area contributed by atoms with Gasteiger partial charge in [-0.3, -0.25) is 0 Å². The molecule has 0 spiro atoms. The average Bonchev–Trinajstić information content (AvgIpc) is 2.99. The summed E-state index contributed by atoms with van der Waals surface area (Å²) in [4.78, 5) is 4.44. The van der Waals surface area contributed by atoms with Crippen LogP contribution in [-0.2, 0) is 23.0 Å². The third-order valence-corrected chi connectivity index (χ3v) is 6.89. The molecular weight excluding hydrogens is 288 g/mol. The van der Waals surface area contributed by atoms with Gasteiger partial charge >= 0.3 is 0 Å². The number of fused-ring (bicyclic) bond motifs is 3. The maximum Gasteiger partial charge on any atom is 0.262 e. The number of hydrogen-bond donors (Lipinski definition) is 1. The van der Waals surface area contributed by atoms with E-state index in [4.69, 9.17) is 0 Å². The van der Waals surface area contributed by atoms with Gasteiger partial charge in [0.2, 0.25) is 0 Å². The van der Waals surface area contributed by atoms with E-state index in [1.54, 1.807) is 10.5 Å². The summed E-state index contributed by atoms with van der Waals surface area (Å²) in [5, 5.41) is 3.61. The quantitative estimate of drug-likeness (QED) is 0.875. The SMILES string of the molecule is O=S(=O)(c1cn2c(n1)CCCC2)N1C2CCNCC1CC2. The Morgan fingerprint density at radius 1 is 1.19 bits per heavy atom. The molecule has 1 aromatic heterocycles. The first kappa shape index (κ1) is 13.7. The summed E-state index contributed by atoms with van der Waals surface area (Å²) in [6.07, 6.45) is 7.72. The van der Waals surface area contributed by atoms with Crippen molar-refractivity contribution >= 4 is 10.0 Å². The van der Waals surface area contributed by atoms with Gasteiger partial charge < -0.3 is 9.88 Å². The molecule has 0 saturated carbocycles. The van der Waals surface area contributed by atoms with Crippen molar-refractivity contribution in [1.82, 2.24) is 19.2 Å². The maximum atomic E-state index is 13.0. The molecule has 6 nitrogen and oxygen atoms in total. The van der Waals surface area contributed by atoms with Crippen molar-refractivity contribution in [2.45, 2.75) is 62.2 Å². The largest absolute Gasteiger partial charge is 0.333 e. The first-order chi connectivity index (χ1) is 10.2. The molecule has 0 radical (unpaired) electrons. The summed E-state index contributed by atoms with van der Waals surface area (Å²) < 4.78 is 29.9. The smallest absolute Gasteiger partial charge is 0.262 e. The van der Waals surface area contributed by atoms with Crippen LogP contribution in [0, 0.1) is 0 Å². The van der Waals surface area contributed by atoms with Gasteiger partial charge in [-0.2, -0.15) is 4.31 Å². The molecular formula is C14H22N4O2S. The van der Waals surface area contributed by atoms with Crippen LogP contribution in [0.15, 0.2) is 11.2 Å². The maximum absolute atomic E-state index is 13.0. The predicted molar refractivity (Wildman–Crippen MR) is 78.5 cm³/mol. The molecule has 21 heavy (non-hydrogen) atoms. The Morgan fingerprint density at radius 2 is 2.05 bits per heavy atom. The standard InChI is InChI=1S/C14H22N4O2S/c19-21(20,14-10-17-8-2-1-3-13(17)16-14)18-11-4-5-12(18)9-15-7-6-11/h10-12,15H,1-9H2. The molecule has 4 rings (SSSR count). The molecule has 3 aliphatic heterocycles. The fourth-order valence-corrected chi connectivity index (χ4v) is 5.82. The van der Waals surface area contributed by atoms with Gasteiger partial charge in [0.05, 0.1) is 0 Å². The molecule has 2 bridgehead atoms. The van der Waals surface area contributed by atoms with E-state index in [0.717, 1.165) is 64.0 Å². The molecule has 116 valence electrons. The van der Waals surface area contributed by atoms with Gasteiger partial charge in [0.1, 0.15) is 5.82 Å². The van der Waals surface area contributed by atoms with Crippen molar-refractivity contribution in [2.75, 3.05) is 13.1 Å². The third-order valence-electron chi connectivity index (χ3n) is 5.02. The molecule has 7 heteroatoms. The Kier molecular flexibility index (Phi) is 3.31. The molecule has 0 amide bonds. The lowest BCUT2D eigenvalue weighted by molar-refractivity contribution is 0.333. The molecule has 1 N–H and O–H groups in total. The zero-order valence-corrected chi connectivity index (χ0v) is 13.0. The van der Waals surface area contributed by atoms with Crippen LogP contribution < -0.4 is 5.32 Å². The normalized spacial score (nSPS) is 30.1. The Labute approximate surface area is 125 Å². The van der Waals surface area contributed by atoms with E-state index in [-0.39, 0.29) is 17.1 Å². The predicted octanol–water partition coefficient (Wildman–Crippen LogP) is 0.734. The van der Waals surface area contributed by atoms with E-state index in [0.29, 0.717) is 0 Å². The van der Waals surface area contributed by atoms with Crippen molar-refractivity contribution in [3.05, 3.63) is 12.0 Å². The second kappa shape index (κ2) is 5.07. The van der Waals surface area contributed by atoms with Crippen LogP contribution in [0.25, 0.3) is 0 Å². The van der Waals surface area contributed by atoms with Gasteiger partial charge in [-0.1, -0.05) is 0 Å². The van der Waals surface area contributed by atoms with Gasteiger partial charge in [0, 0.05) is 37.8 Å². The average molecular weight is 310 g/mol. The van der Waals surface area contributed by atoms with E-state index >= 15 is 0 Å². The zero-order valence-electron chi connectivity index (χ0n) is 12.2. The minimum absolute atomic E-state index is 0.0984. The number of nitrogens with one attached hydrogen (secondary N) is 1. The molecule has 2 saturated heterocycles. The Morgan fingerprint density at radius 3 is 2.90 bits per heavy atom. The van der Waals surface area contributed by atoms with Crippen LogP contribution in [0.4, 0.5) is 0 Å². The van der Waals surface area contributed by atoms with Crippen molar-refractivity contribution in [2.24, 2.45) is 0 Å². The highest BCUT2D eigenvalue weighted by atomic mass is 32.2. The van der Waals surface area contributed by atoms with Crippen molar-refractivity contribution in [3.63, 3.8) is 0 Å². The number of aryl methyl sites for hydroxylation is 2. The van der Waals surface area contributed by atoms with E-state index < -0.39 is 10.0 Å². The summed E-state index contributed by atoms with van der Waals surface area (Å²) in [5.74, 6) is 0.931. The molecule has 0 aliphatic carbocycles. The van der Waals surface area contributed by atoms with Crippen LogP contribution in [-0.4, -0.2) is 47.4 Å². The van der Waals surface area contributed by atoms with Crippen molar-refractivity contribution in [3.8, 4) is 0 Å². The lowest BCUT2D eigenvalue weighted by Crippen LogP contribution is -2.42. The van der Waals surface area contributed by atoms with Gasteiger partial charge in [0.25, 0.3) is 10.0 Å². The van der Waals surface area contributed by atoms with E-state index in [2.05, 4.69) is 10.3 Å². The van der Waals surface area contributed by atoms with E-state index in [1.165, 1.54) is 0 Å². The van der Waals surface area contributed by atoms with Gasteiger partial charge in [-0.25, -0.2) is 13.4 Å². The number of imidazole rings is 1. The lowest BCUT2D eigenvalue weighted by Gasteiger charge is -2.25. The minimum atomic E-state index is -3.45. The van der Waals surface area contributed by atoms with E-state index in [1.807, 2.05) is 4.57 Å². The second-order valence-corrected chi connectivity index (χ2v) is 8.15. The number of sulfonamides is 1. The van der Waals surface area contributed by atoms with Gasteiger partial charge in [-0.05, 0) is 38.6 Å². The summed E-state index contributed by atoms with van der Waals surface area (Å²) >= 11 is 0. The highest BCUT2D eigenvalue weighted by Crippen LogP contribution is 2.33.